The molecule has 3 rings (SSSR count). The van der Waals surface area contributed by atoms with Gasteiger partial charge in [-0.2, -0.15) is 26.3 Å². The van der Waals surface area contributed by atoms with Crippen molar-refractivity contribution in [2.75, 3.05) is 0 Å². The number of benzene rings is 3. The number of alkyl halides is 6. The average Bonchev–Trinajstić information content (AvgIpc) is 2.65. The molecule has 0 aliphatic carbocycles. The maximum absolute atomic E-state index is 12.7. The Morgan fingerprint density at radius 3 is 1.13 bits per heavy atom. The maximum atomic E-state index is 12.7. The van der Waals surface area contributed by atoms with E-state index in [0.717, 1.165) is 36.4 Å². The van der Waals surface area contributed by atoms with Gasteiger partial charge in [0.25, 0.3) is 0 Å². The van der Waals surface area contributed by atoms with Gasteiger partial charge in [0.15, 0.2) is 0 Å². The minimum Gasteiger partial charge on any atom is -0.456 e. The van der Waals surface area contributed by atoms with Crippen LogP contribution < -0.4 is 9.47 Å². The molecule has 2 nitrogen and oxygen atoms in total. The number of rotatable bonds is 4. The number of halogens is 8. The second-order valence-corrected chi connectivity index (χ2v) is 6.78. The maximum Gasteiger partial charge on any atom is 0.416 e. The van der Waals surface area contributed by atoms with Gasteiger partial charge in [0.05, 0.1) is 21.2 Å². The van der Waals surface area contributed by atoms with Crippen molar-refractivity contribution in [1.82, 2.24) is 0 Å². The molecule has 0 bridgehead atoms. The highest BCUT2D eigenvalue weighted by Gasteiger charge is 2.32. The summed E-state index contributed by atoms with van der Waals surface area (Å²) in [7, 11) is 0. The summed E-state index contributed by atoms with van der Waals surface area (Å²) < 4.78 is 87.0. The monoisotopic (exact) mass is 466 g/mol. The van der Waals surface area contributed by atoms with Crippen LogP contribution in [0.2, 0.25) is 10.0 Å². The van der Waals surface area contributed by atoms with E-state index in [4.69, 9.17) is 32.7 Å². The molecule has 0 aromatic heterocycles. The van der Waals surface area contributed by atoms with E-state index in [9.17, 15) is 26.3 Å². The normalized spacial score (nSPS) is 12.0. The first-order chi connectivity index (χ1) is 13.9. The van der Waals surface area contributed by atoms with Gasteiger partial charge in [-0.3, -0.25) is 0 Å². The van der Waals surface area contributed by atoms with Crippen LogP contribution in [0.25, 0.3) is 0 Å². The lowest BCUT2D eigenvalue weighted by Crippen LogP contribution is -2.04. The summed E-state index contributed by atoms with van der Waals surface area (Å²) >= 11 is 11.7. The van der Waals surface area contributed by atoms with E-state index in [-0.39, 0.29) is 33.0 Å². The van der Waals surface area contributed by atoms with Crippen LogP contribution in [-0.2, 0) is 12.4 Å². The minimum atomic E-state index is -4.53. The van der Waals surface area contributed by atoms with Gasteiger partial charge in [-0.15, -0.1) is 0 Å². The van der Waals surface area contributed by atoms with Crippen LogP contribution in [0.1, 0.15) is 11.1 Å². The van der Waals surface area contributed by atoms with Gasteiger partial charge in [-0.1, -0.05) is 23.2 Å². The van der Waals surface area contributed by atoms with Gasteiger partial charge in [0.2, 0.25) is 0 Å². The van der Waals surface area contributed by atoms with Crippen molar-refractivity contribution in [3.63, 3.8) is 0 Å². The van der Waals surface area contributed by atoms with Gasteiger partial charge < -0.3 is 9.47 Å². The average molecular weight is 467 g/mol. The highest BCUT2D eigenvalue weighted by atomic mass is 35.5. The predicted octanol–water partition coefficient (Wildman–Crippen LogP) is 8.62. The van der Waals surface area contributed by atoms with E-state index in [1.165, 1.54) is 24.3 Å². The second kappa shape index (κ2) is 8.28. The van der Waals surface area contributed by atoms with E-state index in [0.29, 0.717) is 0 Å². The SMILES string of the molecule is FC(F)(F)c1ccc(Oc2ccc(Oc3ccc(C(F)(F)F)cc3Cl)cc2)c(Cl)c1. The van der Waals surface area contributed by atoms with Crippen LogP contribution in [0.3, 0.4) is 0 Å². The van der Waals surface area contributed by atoms with E-state index in [2.05, 4.69) is 0 Å². The highest BCUT2D eigenvalue weighted by molar-refractivity contribution is 6.32. The lowest BCUT2D eigenvalue weighted by Gasteiger charge is -2.13. The Morgan fingerprint density at radius 2 is 0.867 bits per heavy atom. The summed E-state index contributed by atoms with van der Waals surface area (Å²) in [4.78, 5) is 0. The fourth-order valence-corrected chi connectivity index (χ4v) is 2.79. The van der Waals surface area contributed by atoms with E-state index >= 15 is 0 Å². The molecule has 158 valence electrons. The van der Waals surface area contributed by atoms with Crippen LogP contribution in [0.4, 0.5) is 26.3 Å². The van der Waals surface area contributed by atoms with Crippen molar-refractivity contribution in [3.05, 3.63) is 81.8 Å². The standard InChI is InChI=1S/C20H10Cl2F6O2/c21-15-9-11(19(23,24)25)1-7-17(15)29-13-3-5-14(6-4-13)30-18-8-2-12(10-16(18)22)20(26,27)28/h1-10H. The quantitative estimate of drug-likeness (QED) is 0.358. The Hall–Kier alpha value is -2.58. The Morgan fingerprint density at radius 1 is 0.533 bits per heavy atom. The van der Waals surface area contributed by atoms with Gasteiger partial charge in [-0.05, 0) is 60.7 Å². The molecule has 0 amide bonds. The highest BCUT2D eigenvalue weighted by Crippen LogP contribution is 2.38. The summed E-state index contributed by atoms with van der Waals surface area (Å²) in [6.07, 6.45) is -9.05. The molecule has 0 N–H and O–H groups in total. The lowest BCUT2D eigenvalue weighted by atomic mass is 10.2. The van der Waals surface area contributed by atoms with Crippen LogP contribution in [0, 0.1) is 0 Å². The third-order valence-corrected chi connectivity index (χ3v) is 4.39. The van der Waals surface area contributed by atoms with Gasteiger partial charge in [-0.25, -0.2) is 0 Å². The molecule has 0 atom stereocenters. The first-order valence-corrected chi connectivity index (χ1v) is 8.88. The van der Waals surface area contributed by atoms with Crippen LogP contribution in [-0.4, -0.2) is 0 Å². The van der Waals surface area contributed by atoms with E-state index in [1.54, 1.807) is 0 Å². The molecule has 3 aromatic carbocycles. The van der Waals surface area contributed by atoms with Crippen molar-refractivity contribution in [3.8, 4) is 23.0 Å². The zero-order chi connectivity index (χ0) is 22.1. The molecule has 3 aromatic rings. The number of ether oxygens (including phenoxy) is 2. The van der Waals surface area contributed by atoms with Crippen molar-refractivity contribution >= 4 is 23.2 Å². The first kappa shape index (κ1) is 22.1. The zero-order valence-electron chi connectivity index (χ0n) is 14.6. The molecule has 0 fully saturated rings. The molecule has 10 heteroatoms. The molecule has 0 aliphatic heterocycles. The molecule has 0 unspecified atom stereocenters. The second-order valence-electron chi connectivity index (χ2n) is 5.96. The molecule has 0 spiro atoms. The van der Waals surface area contributed by atoms with Crippen molar-refractivity contribution in [2.45, 2.75) is 12.4 Å². The smallest absolute Gasteiger partial charge is 0.416 e. The minimum absolute atomic E-state index is 0.0177. The molecule has 30 heavy (non-hydrogen) atoms. The topological polar surface area (TPSA) is 18.5 Å². The summed E-state index contributed by atoms with van der Waals surface area (Å²) in [5.74, 6) is 0.540. The van der Waals surface area contributed by atoms with Crippen molar-refractivity contribution in [1.29, 1.82) is 0 Å². The van der Waals surface area contributed by atoms with Crippen molar-refractivity contribution in [2.24, 2.45) is 0 Å². The third kappa shape index (κ3) is 5.31. The summed E-state index contributed by atoms with van der Waals surface area (Å²) in [6.45, 7) is 0. The first-order valence-electron chi connectivity index (χ1n) is 8.13. The molecule has 0 radical (unpaired) electrons. The zero-order valence-corrected chi connectivity index (χ0v) is 16.1. The van der Waals surface area contributed by atoms with E-state index < -0.39 is 23.5 Å². The Kier molecular flexibility index (Phi) is 6.10. The van der Waals surface area contributed by atoms with Gasteiger partial charge >= 0.3 is 12.4 Å². The van der Waals surface area contributed by atoms with Gasteiger partial charge in [0, 0.05) is 0 Å². The summed E-state index contributed by atoms with van der Waals surface area (Å²) in [5, 5.41) is -0.441. The Labute approximate surface area is 176 Å². The fraction of sp³-hybridized carbons (Fsp3) is 0.100. The molecule has 0 heterocycles. The fourth-order valence-electron chi connectivity index (χ4n) is 2.35. The largest absolute Gasteiger partial charge is 0.456 e. The lowest BCUT2D eigenvalue weighted by molar-refractivity contribution is -0.138. The number of hydrogen-bond acceptors (Lipinski definition) is 2. The van der Waals surface area contributed by atoms with Gasteiger partial charge in [0.1, 0.15) is 23.0 Å². The predicted molar refractivity (Wildman–Crippen MR) is 99.5 cm³/mol. The molecular formula is C20H10Cl2F6O2. The molecular weight excluding hydrogens is 457 g/mol. The van der Waals surface area contributed by atoms with Crippen LogP contribution in [0.15, 0.2) is 60.7 Å². The molecule has 0 saturated heterocycles. The summed E-state index contributed by atoms with van der Waals surface area (Å²) in [5.41, 5.74) is -1.81. The molecule has 0 saturated carbocycles. The Bertz CT molecular complexity index is 962. The third-order valence-electron chi connectivity index (χ3n) is 3.80. The molecule has 0 aliphatic rings. The van der Waals surface area contributed by atoms with Crippen LogP contribution in [0.5, 0.6) is 23.0 Å². The van der Waals surface area contributed by atoms with Crippen molar-refractivity contribution < 1.29 is 35.8 Å². The van der Waals surface area contributed by atoms with E-state index in [1.807, 2.05) is 0 Å². The Balaban J connectivity index is 1.72. The number of hydrogen-bond donors (Lipinski definition) is 0. The summed E-state index contributed by atoms with van der Waals surface area (Å²) in [6, 6.07) is 11.2. The van der Waals surface area contributed by atoms with Crippen LogP contribution >= 0.6 is 23.2 Å².